The minimum atomic E-state index is 0.312. The smallest absolute Gasteiger partial charge is 0.143 e. The molecule has 1 saturated heterocycles. The molecule has 0 amide bonds. The Balaban J connectivity index is 1.81. The first-order valence-electron chi connectivity index (χ1n) is 6.23. The molecular formula is C13H23NO. The molecule has 1 saturated carbocycles. The zero-order chi connectivity index (χ0) is 11.1. The lowest BCUT2D eigenvalue weighted by atomic mass is 9.58. The van der Waals surface area contributed by atoms with Gasteiger partial charge in [-0.3, -0.25) is 9.69 Å². The molecule has 0 N–H and O–H groups in total. The van der Waals surface area contributed by atoms with Crippen LogP contribution in [0.3, 0.4) is 0 Å². The zero-order valence-corrected chi connectivity index (χ0v) is 10.3. The molecule has 0 aromatic heterocycles. The molecule has 86 valence electrons. The molecule has 2 fully saturated rings. The second kappa shape index (κ2) is 3.89. The first-order valence-corrected chi connectivity index (χ1v) is 6.23. The number of rotatable bonds is 3. The van der Waals surface area contributed by atoms with Gasteiger partial charge in [-0.15, -0.1) is 0 Å². The van der Waals surface area contributed by atoms with Crippen LogP contribution in [-0.4, -0.2) is 30.3 Å². The second-order valence-electron chi connectivity index (χ2n) is 6.08. The van der Waals surface area contributed by atoms with Crippen molar-refractivity contribution >= 4 is 5.78 Å². The molecule has 0 aromatic carbocycles. The maximum absolute atomic E-state index is 11.0. The van der Waals surface area contributed by atoms with Crippen molar-refractivity contribution < 1.29 is 4.79 Å². The number of nitrogens with zero attached hydrogens (tertiary/aromatic N) is 1. The Kier molecular flexibility index (Phi) is 2.89. The molecule has 0 aromatic rings. The van der Waals surface area contributed by atoms with Gasteiger partial charge in [0.05, 0.1) is 6.54 Å². The van der Waals surface area contributed by atoms with Crippen molar-refractivity contribution in [2.75, 3.05) is 19.6 Å². The summed E-state index contributed by atoms with van der Waals surface area (Å²) in [7, 11) is 0. The summed E-state index contributed by atoms with van der Waals surface area (Å²) in [5.74, 6) is 2.10. The van der Waals surface area contributed by atoms with Gasteiger partial charge in [0.15, 0.2) is 0 Å². The molecule has 0 atom stereocenters. The van der Waals surface area contributed by atoms with Crippen LogP contribution in [0.2, 0.25) is 0 Å². The Morgan fingerprint density at radius 2 is 2.13 bits per heavy atom. The number of ketones is 1. The van der Waals surface area contributed by atoms with Gasteiger partial charge in [0, 0.05) is 6.54 Å². The van der Waals surface area contributed by atoms with Gasteiger partial charge in [-0.1, -0.05) is 13.8 Å². The van der Waals surface area contributed by atoms with E-state index in [-0.39, 0.29) is 0 Å². The van der Waals surface area contributed by atoms with E-state index in [9.17, 15) is 4.79 Å². The molecule has 0 radical (unpaired) electrons. The molecule has 0 bridgehead atoms. The predicted octanol–water partition coefficient (Wildman–Crippen LogP) is 2.33. The third-order valence-electron chi connectivity index (χ3n) is 4.30. The Morgan fingerprint density at radius 1 is 1.47 bits per heavy atom. The summed E-state index contributed by atoms with van der Waals surface area (Å²) in [5, 5.41) is 0. The molecule has 1 aliphatic carbocycles. The van der Waals surface area contributed by atoms with Crippen molar-refractivity contribution in [1.29, 1.82) is 0 Å². The van der Waals surface area contributed by atoms with Crippen LogP contribution in [0.5, 0.6) is 0 Å². The van der Waals surface area contributed by atoms with Crippen LogP contribution in [-0.2, 0) is 4.79 Å². The van der Waals surface area contributed by atoms with Crippen molar-refractivity contribution in [3.63, 3.8) is 0 Å². The number of carbonyl (C=O) groups excluding carboxylic acids is 1. The van der Waals surface area contributed by atoms with Gasteiger partial charge in [-0.05, 0) is 50.0 Å². The average molecular weight is 209 g/mol. The second-order valence-corrected chi connectivity index (χ2v) is 6.08. The number of Topliss-reactive ketones (excluding diaryl/α,β-unsaturated/α-hetero) is 1. The van der Waals surface area contributed by atoms with E-state index >= 15 is 0 Å². The summed E-state index contributed by atoms with van der Waals surface area (Å²) in [6.07, 6.45) is 4.13. The Morgan fingerprint density at radius 3 is 2.67 bits per heavy atom. The summed E-state index contributed by atoms with van der Waals surface area (Å²) < 4.78 is 0. The van der Waals surface area contributed by atoms with Gasteiger partial charge < -0.3 is 0 Å². The summed E-state index contributed by atoms with van der Waals surface area (Å²) in [6.45, 7) is 9.36. The minimum absolute atomic E-state index is 0.312. The van der Waals surface area contributed by atoms with Crippen molar-refractivity contribution in [2.24, 2.45) is 17.3 Å². The third-order valence-corrected chi connectivity index (χ3v) is 4.30. The van der Waals surface area contributed by atoms with E-state index in [1.54, 1.807) is 6.92 Å². The molecule has 2 nitrogen and oxygen atoms in total. The number of carbonyl (C=O) groups is 1. The molecule has 15 heavy (non-hydrogen) atoms. The number of hydrogen-bond acceptors (Lipinski definition) is 2. The summed E-state index contributed by atoms with van der Waals surface area (Å²) in [6, 6.07) is 0. The van der Waals surface area contributed by atoms with Gasteiger partial charge in [-0.25, -0.2) is 0 Å². The highest BCUT2D eigenvalue weighted by Gasteiger charge is 2.48. The van der Waals surface area contributed by atoms with Crippen LogP contribution in [0.15, 0.2) is 0 Å². The van der Waals surface area contributed by atoms with Crippen LogP contribution < -0.4 is 0 Å². The standard InChI is InChI=1S/C13H23NO/c1-10(2)12-6-13(7-12)4-5-14(9-13)8-11(3)15/h10,12H,4-9H2,1-3H3. The van der Waals surface area contributed by atoms with Crippen molar-refractivity contribution in [2.45, 2.75) is 40.0 Å². The van der Waals surface area contributed by atoms with Crippen LogP contribution in [0, 0.1) is 17.3 Å². The maximum atomic E-state index is 11.0. The predicted molar refractivity (Wildman–Crippen MR) is 61.7 cm³/mol. The monoisotopic (exact) mass is 209 g/mol. The quantitative estimate of drug-likeness (QED) is 0.711. The van der Waals surface area contributed by atoms with Crippen LogP contribution in [0.4, 0.5) is 0 Å². The lowest BCUT2D eigenvalue weighted by Gasteiger charge is -2.47. The lowest BCUT2D eigenvalue weighted by Crippen LogP contribution is -2.42. The van der Waals surface area contributed by atoms with Gasteiger partial charge in [0.1, 0.15) is 5.78 Å². The van der Waals surface area contributed by atoms with Gasteiger partial charge >= 0.3 is 0 Å². The van der Waals surface area contributed by atoms with E-state index in [0.717, 1.165) is 18.4 Å². The highest BCUT2D eigenvalue weighted by molar-refractivity contribution is 5.77. The highest BCUT2D eigenvalue weighted by atomic mass is 16.1. The summed E-state index contributed by atoms with van der Waals surface area (Å²) in [5.41, 5.74) is 0.602. The van der Waals surface area contributed by atoms with Gasteiger partial charge in [0.25, 0.3) is 0 Å². The Bertz CT molecular complexity index is 253. The molecule has 2 rings (SSSR count). The number of hydrogen-bond donors (Lipinski definition) is 0. The normalized spacial score (nSPS) is 36.1. The third kappa shape index (κ3) is 2.25. The van der Waals surface area contributed by atoms with E-state index < -0.39 is 0 Å². The fourth-order valence-corrected chi connectivity index (χ4v) is 3.33. The van der Waals surface area contributed by atoms with Crippen LogP contribution in [0.1, 0.15) is 40.0 Å². The molecule has 1 spiro atoms. The molecule has 1 heterocycles. The summed E-state index contributed by atoms with van der Waals surface area (Å²) in [4.78, 5) is 13.4. The lowest BCUT2D eigenvalue weighted by molar-refractivity contribution is -0.118. The first kappa shape index (κ1) is 11.1. The van der Waals surface area contributed by atoms with Crippen molar-refractivity contribution in [3.05, 3.63) is 0 Å². The molecule has 2 aliphatic rings. The fraction of sp³-hybridized carbons (Fsp3) is 0.923. The Hall–Kier alpha value is -0.370. The van der Waals surface area contributed by atoms with E-state index in [4.69, 9.17) is 0 Å². The minimum Gasteiger partial charge on any atom is -0.299 e. The van der Waals surface area contributed by atoms with E-state index in [1.165, 1.54) is 25.8 Å². The Labute approximate surface area is 93.0 Å². The van der Waals surface area contributed by atoms with Crippen LogP contribution in [0.25, 0.3) is 0 Å². The molecular weight excluding hydrogens is 186 g/mol. The molecule has 1 aliphatic heterocycles. The first-order chi connectivity index (χ1) is 7.01. The molecule has 2 heteroatoms. The van der Waals surface area contributed by atoms with Crippen molar-refractivity contribution in [3.8, 4) is 0 Å². The van der Waals surface area contributed by atoms with Gasteiger partial charge in [0.2, 0.25) is 0 Å². The highest BCUT2D eigenvalue weighted by Crippen LogP contribution is 2.53. The molecule has 0 unspecified atom stereocenters. The largest absolute Gasteiger partial charge is 0.299 e. The van der Waals surface area contributed by atoms with Crippen LogP contribution >= 0.6 is 0 Å². The topological polar surface area (TPSA) is 20.3 Å². The van der Waals surface area contributed by atoms with Gasteiger partial charge in [-0.2, -0.15) is 0 Å². The average Bonchev–Trinajstić information content (AvgIpc) is 2.44. The zero-order valence-electron chi connectivity index (χ0n) is 10.3. The summed E-state index contributed by atoms with van der Waals surface area (Å²) >= 11 is 0. The van der Waals surface area contributed by atoms with E-state index in [1.807, 2.05) is 0 Å². The van der Waals surface area contributed by atoms with E-state index in [2.05, 4.69) is 18.7 Å². The SMILES string of the molecule is CC(=O)CN1CCC2(CC(C(C)C)C2)C1. The van der Waals surface area contributed by atoms with Crippen molar-refractivity contribution in [1.82, 2.24) is 4.90 Å². The maximum Gasteiger partial charge on any atom is 0.143 e. The van der Waals surface area contributed by atoms with E-state index in [0.29, 0.717) is 17.7 Å². The number of likely N-dealkylation sites (tertiary alicyclic amines) is 1. The fourth-order valence-electron chi connectivity index (χ4n) is 3.33.